The highest BCUT2D eigenvalue weighted by atomic mass is 35.5. The van der Waals surface area contributed by atoms with E-state index in [0.717, 1.165) is 22.7 Å². The number of nitrogens with zero attached hydrogens (tertiary/aromatic N) is 1. The largest absolute Gasteiger partial charge is 0.496 e. The number of methoxy groups -OCH3 is 1. The van der Waals surface area contributed by atoms with Crippen molar-refractivity contribution < 1.29 is 4.74 Å². The molecule has 0 N–H and O–H groups in total. The standard InChI is InChI=1S/C13H12ClNO/c1-9-5-3-7-11(15-9)13-10(14)6-4-8-12(13)16-2/h3-8H,1-2H3. The lowest BCUT2D eigenvalue weighted by atomic mass is 10.1. The fraction of sp³-hybridized carbons (Fsp3) is 0.154. The Kier molecular flexibility index (Phi) is 3.11. The van der Waals surface area contributed by atoms with E-state index in [9.17, 15) is 0 Å². The third-order valence-corrected chi connectivity index (χ3v) is 2.65. The smallest absolute Gasteiger partial charge is 0.129 e. The van der Waals surface area contributed by atoms with E-state index in [-0.39, 0.29) is 0 Å². The molecule has 1 aromatic carbocycles. The fourth-order valence-corrected chi connectivity index (χ4v) is 1.87. The first-order valence-electron chi connectivity index (χ1n) is 4.99. The molecule has 0 aliphatic heterocycles. The molecule has 0 saturated heterocycles. The van der Waals surface area contributed by atoms with Gasteiger partial charge in [-0.1, -0.05) is 23.7 Å². The third-order valence-electron chi connectivity index (χ3n) is 2.34. The van der Waals surface area contributed by atoms with Crippen LogP contribution in [0.25, 0.3) is 11.3 Å². The van der Waals surface area contributed by atoms with Crippen LogP contribution < -0.4 is 4.74 Å². The van der Waals surface area contributed by atoms with Crippen molar-refractivity contribution in [2.24, 2.45) is 0 Å². The summed E-state index contributed by atoms with van der Waals surface area (Å²) in [5.41, 5.74) is 2.64. The second-order valence-electron chi connectivity index (χ2n) is 3.48. The average Bonchev–Trinajstić information content (AvgIpc) is 2.28. The van der Waals surface area contributed by atoms with Gasteiger partial charge in [-0.15, -0.1) is 0 Å². The maximum atomic E-state index is 6.18. The molecule has 0 atom stereocenters. The molecular formula is C13H12ClNO. The van der Waals surface area contributed by atoms with E-state index in [1.807, 2.05) is 43.3 Å². The SMILES string of the molecule is COc1cccc(Cl)c1-c1cccc(C)n1. The van der Waals surface area contributed by atoms with Crippen molar-refractivity contribution in [2.45, 2.75) is 6.92 Å². The number of hydrogen-bond donors (Lipinski definition) is 0. The van der Waals surface area contributed by atoms with Gasteiger partial charge in [0.1, 0.15) is 5.75 Å². The summed E-state index contributed by atoms with van der Waals surface area (Å²) in [5, 5.41) is 0.650. The predicted molar refractivity (Wildman–Crippen MR) is 66.0 cm³/mol. The molecule has 0 unspecified atom stereocenters. The lowest BCUT2D eigenvalue weighted by molar-refractivity contribution is 0.416. The number of benzene rings is 1. The van der Waals surface area contributed by atoms with E-state index in [1.165, 1.54) is 0 Å². The van der Waals surface area contributed by atoms with Gasteiger partial charge in [0.2, 0.25) is 0 Å². The van der Waals surface area contributed by atoms with Crippen LogP contribution in [0.5, 0.6) is 5.75 Å². The van der Waals surface area contributed by atoms with Crippen molar-refractivity contribution in [1.82, 2.24) is 4.98 Å². The molecule has 1 heterocycles. The van der Waals surface area contributed by atoms with Gasteiger partial charge in [-0.05, 0) is 31.2 Å². The molecule has 0 amide bonds. The van der Waals surface area contributed by atoms with Crippen LogP contribution in [0.2, 0.25) is 5.02 Å². The van der Waals surface area contributed by atoms with Gasteiger partial charge in [-0.2, -0.15) is 0 Å². The van der Waals surface area contributed by atoms with Crippen molar-refractivity contribution >= 4 is 11.6 Å². The normalized spacial score (nSPS) is 10.2. The van der Waals surface area contributed by atoms with Crippen LogP contribution >= 0.6 is 11.6 Å². The lowest BCUT2D eigenvalue weighted by Gasteiger charge is -2.09. The monoisotopic (exact) mass is 233 g/mol. The van der Waals surface area contributed by atoms with E-state index in [2.05, 4.69) is 4.98 Å². The number of halogens is 1. The zero-order chi connectivity index (χ0) is 11.5. The Morgan fingerprint density at radius 2 is 1.88 bits per heavy atom. The molecule has 16 heavy (non-hydrogen) atoms. The maximum absolute atomic E-state index is 6.18. The summed E-state index contributed by atoms with van der Waals surface area (Å²) in [6.07, 6.45) is 0. The molecule has 3 heteroatoms. The quantitative estimate of drug-likeness (QED) is 0.789. The van der Waals surface area contributed by atoms with Crippen LogP contribution in [0.1, 0.15) is 5.69 Å². The summed E-state index contributed by atoms with van der Waals surface area (Å²) in [6.45, 7) is 1.95. The minimum absolute atomic E-state index is 0.650. The summed E-state index contributed by atoms with van der Waals surface area (Å²) in [5.74, 6) is 0.741. The molecule has 2 nitrogen and oxygen atoms in total. The maximum Gasteiger partial charge on any atom is 0.129 e. The first-order chi connectivity index (χ1) is 7.72. The van der Waals surface area contributed by atoms with Crippen molar-refractivity contribution in [1.29, 1.82) is 0 Å². The van der Waals surface area contributed by atoms with E-state index in [0.29, 0.717) is 5.02 Å². The van der Waals surface area contributed by atoms with Gasteiger partial charge in [0.25, 0.3) is 0 Å². The highest BCUT2D eigenvalue weighted by molar-refractivity contribution is 6.33. The van der Waals surface area contributed by atoms with Crippen molar-refractivity contribution in [3.63, 3.8) is 0 Å². The van der Waals surface area contributed by atoms with Gasteiger partial charge >= 0.3 is 0 Å². The van der Waals surface area contributed by atoms with Crippen LogP contribution in [-0.2, 0) is 0 Å². The van der Waals surface area contributed by atoms with Crippen LogP contribution in [0.3, 0.4) is 0 Å². The summed E-state index contributed by atoms with van der Waals surface area (Å²) in [6, 6.07) is 11.4. The second kappa shape index (κ2) is 4.54. The number of rotatable bonds is 2. The molecular weight excluding hydrogens is 222 g/mol. The number of pyridine rings is 1. The second-order valence-corrected chi connectivity index (χ2v) is 3.89. The van der Waals surface area contributed by atoms with Gasteiger partial charge < -0.3 is 4.74 Å². The molecule has 0 aliphatic carbocycles. The van der Waals surface area contributed by atoms with Gasteiger partial charge in [0.05, 0.1) is 23.4 Å². The molecule has 0 bridgehead atoms. The Labute approximate surface area is 99.9 Å². The molecule has 0 spiro atoms. The number of ether oxygens (including phenoxy) is 1. The Balaban J connectivity index is 2.63. The van der Waals surface area contributed by atoms with Crippen molar-refractivity contribution in [3.8, 4) is 17.0 Å². The highest BCUT2D eigenvalue weighted by Gasteiger charge is 2.10. The van der Waals surface area contributed by atoms with Gasteiger partial charge in [-0.25, -0.2) is 0 Å². The van der Waals surface area contributed by atoms with Crippen molar-refractivity contribution in [3.05, 3.63) is 47.1 Å². The minimum Gasteiger partial charge on any atom is -0.496 e. The topological polar surface area (TPSA) is 22.1 Å². The number of aromatic nitrogens is 1. The van der Waals surface area contributed by atoms with Crippen LogP contribution in [0, 0.1) is 6.92 Å². The van der Waals surface area contributed by atoms with E-state index < -0.39 is 0 Å². The third kappa shape index (κ3) is 2.02. The van der Waals surface area contributed by atoms with Crippen molar-refractivity contribution in [2.75, 3.05) is 7.11 Å². The number of aryl methyl sites for hydroxylation is 1. The van der Waals surface area contributed by atoms with Gasteiger partial charge in [-0.3, -0.25) is 4.98 Å². The zero-order valence-corrected chi connectivity index (χ0v) is 9.95. The van der Waals surface area contributed by atoms with E-state index >= 15 is 0 Å². The molecule has 1 aromatic heterocycles. The Bertz CT molecular complexity index is 511. The average molecular weight is 234 g/mol. The molecule has 2 rings (SSSR count). The number of hydrogen-bond acceptors (Lipinski definition) is 2. The van der Waals surface area contributed by atoms with Crippen LogP contribution in [0.4, 0.5) is 0 Å². The summed E-state index contributed by atoms with van der Waals surface area (Å²) >= 11 is 6.18. The van der Waals surface area contributed by atoms with Crippen LogP contribution in [-0.4, -0.2) is 12.1 Å². The van der Waals surface area contributed by atoms with Gasteiger partial charge in [0, 0.05) is 5.69 Å². The van der Waals surface area contributed by atoms with Gasteiger partial charge in [0.15, 0.2) is 0 Å². The summed E-state index contributed by atoms with van der Waals surface area (Å²) < 4.78 is 5.30. The van der Waals surface area contributed by atoms with Crippen LogP contribution in [0.15, 0.2) is 36.4 Å². The molecule has 82 valence electrons. The minimum atomic E-state index is 0.650. The first-order valence-corrected chi connectivity index (χ1v) is 5.36. The highest BCUT2D eigenvalue weighted by Crippen LogP contribution is 2.35. The zero-order valence-electron chi connectivity index (χ0n) is 9.20. The Morgan fingerprint density at radius 1 is 1.12 bits per heavy atom. The van der Waals surface area contributed by atoms with E-state index in [4.69, 9.17) is 16.3 Å². The Morgan fingerprint density at radius 3 is 2.56 bits per heavy atom. The molecule has 0 radical (unpaired) electrons. The molecule has 0 aliphatic rings. The van der Waals surface area contributed by atoms with E-state index in [1.54, 1.807) is 7.11 Å². The predicted octanol–water partition coefficient (Wildman–Crippen LogP) is 3.72. The fourth-order valence-electron chi connectivity index (χ4n) is 1.61. The Hall–Kier alpha value is -1.54. The lowest BCUT2D eigenvalue weighted by Crippen LogP contribution is -1.92. The molecule has 2 aromatic rings. The summed E-state index contributed by atoms with van der Waals surface area (Å²) in [4.78, 5) is 4.45. The molecule has 0 saturated carbocycles. The summed E-state index contributed by atoms with van der Waals surface area (Å²) in [7, 11) is 1.63. The molecule has 0 fully saturated rings. The first kappa shape index (κ1) is 11.0.